The van der Waals surface area contributed by atoms with Crippen molar-refractivity contribution < 1.29 is 4.52 Å². The maximum Gasteiger partial charge on any atom is 0.251 e. The molecule has 5 heteroatoms. The van der Waals surface area contributed by atoms with Crippen LogP contribution in [0.2, 0.25) is 0 Å². The van der Waals surface area contributed by atoms with Gasteiger partial charge in [0.1, 0.15) is 11.6 Å². The van der Waals surface area contributed by atoms with Gasteiger partial charge in [0.25, 0.3) is 5.56 Å². The monoisotopic (exact) mass is 245 g/mol. The molecule has 0 amide bonds. The summed E-state index contributed by atoms with van der Waals surface area (Å²) >= 11 is 0. The second kappa shape index (κ2) is 5.00. The van der Waals surface area contributed by atoms with E-state index in [0.717, 1.165) is 23.4 Å². The molecule has 0 atom stereocenters. The maximum absolute atomic E-state index is 11.3. The van der Waals surface area contributed by atoms with Gasteiger partial charge in [-0.2, -0.15) is 0 Å². The van der Waals surface area contributed by atoms with Crippen LogP contribution in [0.1, 0.15) is 35.5 Å². The van der Waals surface area contributed by atoms with E-state index in [9.17, 15) is 4.79 Å². The first-order valence-corrected chi connectivity index (χ1v) is 5.81. The van der Waals surface area contributed by atoms with E-state index in [0.29, 0.717) is 11.5 Å². The first-order valence-electron chi connectivity index (χ1n) is 5.81. The Hall–Kier alpha value is -2.17. The van der Waals surface area contributed by atoms with Gasteiger partial charge in [-0.3, -0.25) is 4.79 Å². The zero-order chi connectivity index (χ0) is 13.1. The number of H-pyrrole nitrogens is 1. The molecule has 2 heterocycles. The number of aromatic amines is 1. The Morgan fingerprint density at radius 3 is 2.83 bits per heavy atom. The average molecular weight is 245 g/mol. The van der Waals surface area contributed by atoms with E-state index in [2.05, 4.69) is 15.1 Å². The van der Waals surface area contributed by atoms with E-state index in [4.69, 9.17) is 4.52 Å². The number of nitrogens with zero attached hydrogens (tertiary/aromatic N) is 2. The second-order valence-electron chi connectivity index (χ2n) is 4.06. The lowest BCUT2D eigenvalue weighted by molar-refractivity contribution is 0.383. The molecule has 5 nitrogen and oxygen atoms in total. The van der Waals surface area contributed by atoms with Crippen LogP contribution in [0, 0.1) is 13.8 Å². The summed E-state index contributed by atoms with van der Waals surface area (Å²) in [6.45, 7) is 5.67. The van der Waals surface area contributed by atoms with Crippen molar-refractivity contribution in [2.75, 3.05) is 0 Å². The highest BCUT2D eigenvalue weighted by Gasteiger charge is 2.07. The highest BCUT2D eigenvalue weighted by atomic mass is 16.5. The SMILES string of the molecule is CCc1onc(C)c1C=Cc1nc(C)cc(=O)[nH]1. The van der Waals surface area contributed by atoms with Crippen LogP contribution in [0.3, 0.4) is 0 Å². The van der Waals surface area contributed by atoms with E-state index in [-0.39, 0.29) is 5.56 Å². The minimum absolute atomic E-state index is 0.153. The quantitative estimate of drug-likeness (QED) is 0.898. The van der Waals surface area contributed by atoms with Crippen LogP contribution < -0.4 is 5.56 Å². The van der Waals surface area contributed by atoms with Gasteiger partial charge in [0.05, 0.1) is 5.69 Å². The third-order valence-electron chi connectivity index (χ3n) is 2.60. The lowest BCUT2D eigenvalue weighted by atomic mass is 10.1. The highest BCUT2D eigenvalue weighted by Crippen LogP contribution is 2.16. The Balaban J connectivity index is 2.35. The van der Waals surface area contributed by atoms with Gasteiger partial charge in [-0.1, -0.05) is 12.1 Å². The summed E-state index contributed by atoms with van der Waals surface area (Å²) in [5.74, 6) is 1.36. The van der Waals surface area contributed by atoms with Gasteiger partial charge in [0, 0.05) is 23.7 Å². The minimum Gasteiger partial charge on any atom is -0.361 e. The van der Waals surface area contributed by atoms with Crippen molar-refractivity contribution in [3.05, 3.63) is 45.0 Å². The molecule has 0 saturated heterocycles. The largest absolute Gasteiger partial charge is 0.361 e. The fourth-order valence-electron chi connectivity index (χ4n) is 1.74. The van der Waals surface area contributed by atoms with E-state index >= 15 is 0 Å². The maximum atomic E-state index is 11.3. The van der Waals surface area contributed by atoms with Crippen LogP contribution in [0.5, 0.6) is 0 Å². The molecule has 0 radical (unpaired) electrons. The van der Waals surface area contributed by atoms with Gasteiger partial charge in [0.15, 0.2) is 0 Å². The normalized spacial score (nSPS) is 11.3. The molecule has 2 aromatic heterocycles. The van der Waals surface area contributed by atoms with E-state index in [1.807, 2.05) is 19.9 Å². The van der Waals surface area contributed by atoms with Crippen LogP contribution >= 0.6 is 0 Å². The van der Waals surface area contributed by atoms with Crippen LogP contribution in [0.15, 0.2) is 15.4 Å². The van der Waals surface area contributed by atoms with E-state index in [1.165, 1.54) is 6.07 Å². The van der Waals surface area contributed by atoms with Crippen molar-refractivity contribution >= 4 is 12.2 Å². The smallest absolute Gasteiger partial charge is 0.251 e. The highest BCUT2D eigenvalue weighted by molar-refractivity contribution is 5.68. The fourth-order valence-corrected chi connectivity index (χ4v) is 1.74. The third kappa shape index (κ3) is 2.56. The van der Waals surface area contributed by atoms with Gasteiger partial charge >= 0.3 is 0 Å². The van der Waals surface area contributed by atoms with Crippen LogP contribution in [-0.2, 0) is 6.42 Å². The summed E-state index contributed by atoms with van der Waals surface area (Å²) in [4.78, 5) is 18.2. The molecular weight excluding hydrogens is 230 g/mol. The first-order chi connectivity index (χ1) is 8.60. The predicted octanol–water partition coefficient (Wildman–Crippen LogP) is 2.11. The zero-order valence-corrected chi connectivity index (χ0v) is 10.7. The number of rotatable bonds is 3. The Bertz CT molecular complexity index is 638. The molecule has 0 aromatic carbocycles. The molecule has 0 bridgehead atoms. The summed E-state index contributed by atoms with van der Waals surface area (Å²) < 4.78 is 5.19. The number of hydrogen-bond donors (Lipinski definition) is 1. The molecule has 2 aromatic rings. The van der Waals surface area contributed by atoms with Crippen molar-refractivity contribution in [3.63, 3.8) is 0 Å². The standard InChI is InChI=1S/C13H15N3O2/c1-4-11-10(9(3)16-18-11)5-6-12-14-8(2)7-13(17)15-12/h5-7H,4H2,1-3H3,(H,14,15,17). The molecule has 0 spiro atoms. The zero-order valence-electron chi connectivity index (χ0n) is 10.7. The van der Waals surface area contributed by atoms with Gasteiger partial charge in [-0.25, -0.2) is 4.98 Å². The van der Waals surface area contributed by atoms with Crippen molar-refractivity contribution in [2.45, 2.75) is 27.2 Å². The van der Waals surface area contributed by atoms with Crippen LogP contribution in [-0.4, -0.2) is 15.1 Å². The van der Waals surface area contributed by atoms with Crippen LogP contribution in [0.4, 0.5) is 0 Å². The third-order valence-corrected chi connectivity index (χ3v) is 2.60. The molecular formula is C13H15N3O2. The Kier molecular flexibility index (Phi) is 3.41. The summed E-state index contributed by atoms with van der Waals surface area (Å²) in [5, 5.41) is 3.92. The predicted molar refractivity (Wildman–Crippen MR) is 69.1 cm³/mol. The van der Waals surface area contributed by atoms with Crippen molar-refractivity contribution in [2.24, 2.45) is 0 Å². The van der Waals surface area contributed by atoms with Crippen molar-refractivity contribution in [3.8, 4) is 0 Å². The van der Waals surface area contributed by atoms with Gasteiger partial charge in [-0.15, -0.1) is 0 Å². The summed E-state index contributed by atoms with van der Waals surface area (Å²) in [5.41, 5.74) is 2.32. The lowest BCUT2D eigenvalue weighted by Gasteiger charge is -1.96. The van der Waals surface area contributed by atoms with Gasteiger partial charge in [0.2, 0.25) is 0 Å². The van der Waals surface area contributed by atoms with Gasteiger partial charge in [-0.05, 0) is 26.0 Å². The summed E-state index contributed by atoms with van der Waals surface area (Å²) in [6.07, 6.45) is 4.40. The molecule has 1 N–H and O–H groups in total. The van der Waals surface area contributed by atoms with Crippen molar-refractivity contribution in [1.82, 2.24) is 15.1 Å². The molecule has 0 unspecified atom stereocenters. The molecule has 0 aliphatic rings. The number of aromatic nitrogens is 3. The molecule has 2 rings (SSSR count). The Morgan fingerprint density at radius 2 is 2.17 bits per heavy atom. The summed E-state index contributed by atoms with van der Waals surface area (Å²) in [6, 6.07) is 1.46. The van der Waals surface area contributed by atoms with E-state index in [1.54, 1.807) is 13.0 Å². The van der Waals surface area contributed by atoms with Crippen molar-refractivity contribution in [1.29, 1.82) is 0 Å². The fraction of sp³-hybridized carbons (Fsp3) is 0.308. The topological polar surface area (TPSA) is 71.8 Å². The Labute approximate surface area is 105 Å². The Morgan fingerprint density at radius 1 is 1.39 bits per heavy atom. The average Bonchev–Trinajstić information content (AvgIpc) is 2.66. The molecule has 0 aliphatic carbocycles. The van der Waals surface area contributed by atoms with Gasteiger partial charge < -0.3 is 9.51 Å². The molecule has 0 aliphatic heterocycles. The van der Waals surface area contributed by atoms with Crippen LogP contribution in [0.25, 0.3) is 12.2 Å². The number of hydrogen-bond acceptors (Lipinski definition) is 4. The first kappa shape index (κ1) is 12.3. The molecule has 94 valence electrons. The molecule has 18 heavy (non-hydrogen) atoms. The molecule has 0 saturated carbocycles. The summed E-state index contributed by atoms with van der Waals surface area (Å²) in [7, 11) is 0. The molecule has 0 fully saturated rings. The second-order valence-corrected chi connectivity index (χ2v) is 4.06. The number of nitrogens with one attached hydrogen (secondary N) is 1. The lowest BCUT2D eigenvalue weighted by Crippen LogP contribution is -2.08. The van der Waals surface area contributed by atoms with E-state index < -0.39 is 0 Å². The minimum atomic E-state index is -0.153. The number of aryl methyl sites for hydroxylation is 3.